The van der Waals surface area contributed by atoms with Crippen molar-refractivity contribution < 1.29 is 18.7 Å². The Kier molecular flexibility index (Phi) is 7.06. The van der Waals surface area contributed by atoms with Crippen molar-refractivity contribution in [1.29, 1.82) is 0 Å². The summed E-state index contributed by atoms with van der Waals surface area (Å²) >= 11 is 0. The smallest absolute Gasteiger partial charge is 0.266 e. The van der Waals surface area contributed by atoms with Crippen molar-refractivity contribution in [3.8, 4) is 23.0 Å². The fourth-order valence-electron chi connectivity index (χ4n) is 5.00. The lowest BCUT2D eigenvalue weighted by Gasteiger charge is -2.20. The molecule has 0 saturated heterocycles. The Labute approximate surface area is 241 Å². The Morgan fingerprint density at radius 1 is 0.976 bits per heavy atom. The van der Waals surface area contributed by atoms with Gasteiger partial charge in [-0.25, -0.2) is 9.99 Å². The van der Waals surface area contributed by atoms with Crippen LogP contribution < -0.4 is 10.3 Å². The van der Waals surface area contributed by atoms with Gasteiger partial charge >= 0.3 is 0 Å². The average Bonchev–Trinajstić information content (AvgIpc) is 3.71. The Balaban J connectivity index is 1.25. The number of ether oxygens (including phenoxy) is 1. The summed E-state index contributed by atoms with van der Waals surface area (Å²) in [5.74, 6) is 1.12. The Morgan fingerprint density at radius 3 is 2.43 bits per heavy atom. The van der Waals surface area contributed by atoms with Crippen LogP contribution in [-0.4, -0.2) is 39.1 Å². The van der Waals surface area contributed by atoms with E-state index in [2.05, 4.69) is 10.1 Å². The predicted octanol–water partition coefficient (Wildman–Crippen LogP) is 5.74. The number of aromatic nitrogens is 2. The van der Waals surface area contributed by atoms with E-state index in [4.69, 9.17) is 9.15 Å². The number of allylic oxidation sites excluding steroid dienone is 2. The lowest BCUT2D eigenvalue weighted by molar-refractivity contribution is -0.130. The minimum absolute atomic E-state index is 0.187. The summed E-state index contributed by atoms with van der Waals surface area (Å²) in [5, 5.41) is 6.36. The molecule has 1 aliphatic rings. The van der Waals surface area contributed by atoms with Crippen molar-refractivity contribution in [3.05, 3.63) is 125 Å². The first-order valence-electron chi connectivity index (χ1n) is 13.3. The van der Waals surface area contributed by atoms with Gasteiger partial charge in [0.2, 0.25) is 5.91 Å². The largest absolute Gasteiger partial charge is 0.497 e. The predicted molar refractivity (Wildman–Crippen MR) is 159 cm³/mol. The van der Waals surface area contributed by atoms with E-state index in [1.54, 1.807) is 67.8 Å². The van der Waals surface area contributed by atoms with Crippen LogP contribution in [0.15, 0.2) is 118 Å². The van der Waals surface area contributed by atoms with Crippen LogP contribution in [0.25, 0.3) is 28.2 Å². The molecule has 0 radical (unpaired) electrons. The summed E-state index contributed by atoms with van der Waals surface area (Å²) in [5.41, 5.74) is 2.84. The molecule has 3 aromatic carbocycles. The average molecular weight is 559 g/mol. The molecule has 42 heavy (non-hydrogen) atoms. The summed E-state index contributed by atoms with van der Waals surface area (Å²) < 4.78 is 12.3. The molecule has 9 heteroatoms. The number of methoxy groups -OCH3 is 1. The molecule has 2 aromatic heterocycles. The Morgan fingerprint density at radius 2 is 1.74 bits per heavy atom. The lowest BCUT2D eigenvalue weighted by Crippen LogP contribution is -2.24. The van der Waals surface area contributed by atoms with E-state index >= 15 is 0 Å². The monoisotopic (exact) mass is 558 g/mol. The van der Waals surface area contributed by atoms with Crippen molar-refractivity contribution >= 4 is 28.3 Å². The molecule has 1 unspecified atom stereocenters. The van der Waals surface area contributed by atoms with Gasteiger partial charge in [0.1, 0.15) is 5.75 Å². The van der Waals surface area contributed by atoms with E-state index in [1.165, 1.54) is 28.8 Å². The molecule has 3 heterocycles. The number of hydrogen-bond acceptors (Lipinski definition) is 7. The molecule has 9 nitrogen and oxygen atoms in total. The Hall–Kier alpha value is -5.57. The topological polar surface area (TPSA) is 107 Å². The molecule has 0 bridgehead atoms. The highest BCUT2D eigenvalue weighted by atomic mass is 16.5. The molecule has 1 aliphatic heterocycles. The molecule has 208 valence electrons. The van der Waals surface area contributed by atoms with E-state index in [1.807, 2.05) is 30.3 Å². The number of furan rings is 1. The minimum atomic E-state index is -0.264. The summed E-state index contributed by atoms with van der Waals surface area (Å²) in [6.45, 7) is 1.47. The molecule has 0 fully saturated rings. The van der Waals surface area contributed by atoms with E-state index in [0.717, 1.165) is 11.3 Å². The van der Waals surface area contributed by atoms with Gasteiger partial charge in [-0.05, 0) is 78.4 Å². The summed E-state index contributed by atoms with van der Waals surface area (Å²) in [6, 6.07) is 24.6. The SMILES string of the molecule is COc1ccc(C2CC(/C=C/C(=O)c3ccc(-n4c(-c5ccco5)nc5ccccc5c4=O)cc3)=NN2C(C)=O)cc1. The number of ketones is 1. The number of carbonyl (C=O) groups is 2. The summed E-state index contributed by atoms with van der Waals surface area (Å²) in [6.07, 6.45) is 5.09. The zero-order chi connectivity index (χ0) is 29.2. The molecule has 0 N–H and O–H groups in total. The number of para-hydroxylation sites is 1. The fourth-order valence-corrected chi connectivity index (χ4v) is 5.00. The normalized spacial score (nSPS) is 14.9. The zero-order valence-electron chi connectivity index (χ0n) is 22.9. The third-order valence-corrected chi connectivity index (χ3v) is 7.11. The minimum Gasteiger partial charge on any atom is -0.497 e. The number of hydrazone groups is 1. The van der Waals surface area contributed by atoms with E-state index in [0.29, 0.717) is 45.9 Å². The summed E-state index contributed by atoms with van der Waals surface area (Å²) in [7, 11) is 1.60. The van der Waals surface area contributed by atoms with Gasteiger partial charge in [0, 0.05) is 18.9 Å². The first-order chi connectivity index (χ1) is 20.4. The van der Waals surface area contributed by atoms with Crippen LogP contribution in [0, 0.1) is 0 Å². The number of rotatable bonds is 7. The third-order valence-electron chi connectivity index (χ3n) is 7.11. The maximum Gasteiger partial charge on any atom is 0.266 e. The van der Waals surface area contributed by atoms with Gasteiger partial charge in [0.25, 0.3) is 5.56 Å². The molecule has 5 aromatic rings. The van der Waals surface area contributed by atoms with Crippen LogP contribution in [0.5, 0.6) is 5.75 Å². The van der Waals surface area contributed by atoms with Crippen molar-refractivity contribution in [2.75, 3.05) is 7.11 Å². The van der Waals surface area contributed by atoms with Crippen LogP contribution in [0.2, 0.25) is 0 Å². The highest BCUT2D eigenvalue weighted by Gasteiger charge is 2.30. The van der Waals surface area contributed by atoms with Gasteiger partial charge in [-0.1, -0.05) is 24.3 Å². The van der Waals surface area contributed by atoms with Crippen LogP contribution >= 0.6 is 0 Å². The highest BCUT2D eigenvalue weighted by Crippen LogP contribution is 2.32. The standard InChI is InChI=1S/C33H26N4O5/c1-21(38)37-29(22-11-16-26(41-2)17-12-22)20-24(35-37)13-18-30(39)23-9-14-25(15-10-23)36-32(31-8-5-19-42-31)34-28-7-4-3-6-27(28)33(36)40/h3-19,29H,20H2,1-2H3/b18-13+. The van der Waals surface area contributed by atoms with Crippen molar-refractivity contribution in [2.45, 2.75) is 19.4 Å². The van der Waals surface area contributed by atoms with Gasteiger partial charge < -0.3 is 9.15 Å². The van der Waals surface area contributed by atoms with Crippen molar-refractivity contribution in [2.24, 2.45) is 5.10 Å². The molecule has 1 atom stereocenters. The second-order valence-electron chi connectivity index (χ2n) is 9.76. The van der Waals surface area contributed by atoms with Crippen LogP contribution in [0.3, 0.4) is 0 Å². The van der Waals surface area contributed by atoms with Gasteiger partial charge in [-0.2, -0.15) is 5.10 Å². The van der Waals surface area contributed by atoms with Crippen LogP contribution in [-0.2, 0) is 4.79 Å². The number of nitrogens with zero attached hydrogens (tertiary/aromatic N) is 4. The number of carbonyl (C=O) groups excluding carboxylic acids is 2. The molecular weight excluding hydrogens is 532 g/mol. The third kappa shape index (κ3) is 5.03. The number of benzene rings is 3. The number of amides is 1. The second kappa shape index (κ2) is 11.1. The molecule has 0 spiro atoms. The molecule has 1 amide bonds. The molecule has 0 aliphatic carbocycles. The van der Waals surface area contributed by atoms with Crippen LogP contribution in [0.4, 0.5) is 0 Å². The van der Waals surface area contributed by atoms with E-state index in [-0.39, 0.29) is 23.3 Å². The highest BCUT2D eigenvalue weighted by molar-refractivity contribution is 6.09. The van der Waals surface area contributed by atoms with Gasteiger partial charge in [0.05, 0.1) is 41.7 Å². The quantitative estimate of drug-likeness (QED) is 0.186. The van der Waals surface area contributed by atoms with Gasteiger partial charge in [0.15, 0.2) is 17.4 Å². The molecule has 6 rings (SSSR count). The first-order valence-corrected chi connectivity index (χ1v) is 13.3. The van der Waals surface area contributed by atoms with Crippen LogP contribution in [0.1, 0.15) is 35.3 Å². The summed E-state index contributed by atoms with van der Waals surface area (Å²) in [4.78, 5) is 43.5. The molecule has 0 saturated carbocycles. The lowest BCUT2D eigenvalue weighted by atomic mass is 10.0. The van der Waals surface area contributed by atoms with Gasteiger partial charge in [-0.15, -0.1) is 0 Å². The Bertz CT molecular complexity index is 1900. The number of hydrogen-bond donors (Lipinski definition) is 0. The second-order valence-corrected chi connectivity index (χ2v) is 9.76. The van der Waals surface area contributed by atoms with E-state index < -0.39 is 0 Å². The van der Waals surface area contributed by atoms with Gasteiger partial charge in [-0.3, -0.25) is 19.0 Å². The maximum atomic E-state index is 13.5. The zero-order valence-corrected chi connectivity index (χ0v) is 22.9. The molecular formula is C33H26N4O5. The van der Waals surface area contributed by atoms with E-state index in [9.17, 15) is 14.4 Å². The fraction of sp³-hybridized carbons (Fsp3) is 0.121. The maximum absolute atomic E-state index is 13.5. The number of fused-ring (bicyclic) bond motifs is 1. The van der Waals surface area contributed by atoms with Crippen molar-refractivity contribution in [1.82, 2.24) is 14.6 Å². The first kappa shape index (κ1) is 26.6. The van der Waals surface area contributed by atoms with Crippen molar-refractivity contribution in [3.63, 3.8) is 0 Å².